The average Bonchev–Trinajstić information content (AvgIpc) is 1.51. The van der Waals surface area contributed by atoms with Gasteiger partial charge in [-0.2, -0.15) is 0 Å². The Morgan fingerprint density at radius 2 is 0.578 bits per heavy atom. The van der Waals surface area contributed by atoms with Crippen molar-refractivity contribution in [2.24, 2.45) is 0 Å². The minimum absolute atomic E-state index is 0.325. The number of rotatable bonds is 4. The molecule has 2 aliphatic heterocycles. The molecule has 0 atom stereocenters. The van der Waals surface area contributed by atoms with Crippen LogP contribution in [-0.4, -0.2) is 11.3 Å². The SMILES string of the molecule is c1ccc(-c2ccc3c(c2)B2c4c(cc(-n5c6ccccc6c6ccccc65)cc4N(c4cccc5c4C4(c6ccccc6-c6ccccc64)c4ccccc4-5)c4ccc5c(c42)C2(c4ccccc4-c4ccccc42)c2ccccc2-5)N3c2ccc3c(c2)C2(c4ccccc4-c4ccccc42)c2ccccc2-3)cc1. The largest absolute Gasteiger partial charge is 0.311 e. The number of anilines is 6. The molecule has 0 saturated carbocycles. The Hall–Kier alpha value is -13.8. The van der Waals surface area contributed by atoms with Crippen molar-refractivity contribution in [3.63, 3.8) is 0 Å². The minimum Gasteiger partial charge on any atom is -0.311 e. The third-order valence-corrected chi connectivity index (χ3v) is 26.6. The summed E-state index contributed by atoms with van der Waals surface area (Å²) in [4.78, 5) is 5.53. The van der Waals surface area contributed by atoms with Crippen LogP contribution in [0.4, 0.5) is 34.1 Å². The molecular formula is C105H62BN3. The van der Waals surface area contributed by atoms with Crippen molar-refractivity contribution < 1.29 is 0 Å². The lowest BCUT2D eigenvalue weighted by molar-refractivity contribution is 0.792. The number of nitrogens with zero attached hydrogens (tertiary/aromatic N) is 3. The van der Waals surface area contributed by atoms with Crippen molar-refractivity contribution in [3.05, 3.63) is 443 Å². The van der Waals surface area contributed by atoms with E-state index in [4.69, 9.17) is 0 Å². The van der Waals surface area contributed by atoms with Crippen LogP contribution in [0.1, 0.15) is 66.8 Å². The molecule has 17 aromatic carbocycles. The summed E-state index contributed by atoms with van der Waals surface area (Å²) in [5.74, 6) is 0. The van der Waals surface area contributed by atoms with Gasteiger partial charge in [-0.15, -0.1) is 0 Å². The minimum atomic E-state index is -0.721. The summed E-state index contributed by atoms with van der Waals surface area (Å²) >= 11 is 0. The molecule has 0 fully saturated rings. The summed E-state index contributed by atoms with van der Waals surface area (Å²) < 4.78 is 2.58. The van der Waals surface area contributed by atoms with E-state index in [0.717, 1.165) is 45.2 Å². The smallest absolute Gasteiger partial charge is 0.252 e. The molecule has 3 spiro atoms. The second-order valence-corrected chi connectivity index (χ2v) is 31.0. The molecule has 0 amide bonds. The molecule has 109 heavy (non-hydrogen) atoms. The van der Waals surface area contributed by atoms with Crippen LogP contribution in [0, 0.1) is 0 Å². The fourth-order valence-corrected chi connectivity index (χ4v) is 22.9. The van der Waals surface area contributed by atoms with E-state index >= 15 is 0 Å². The van der Waals surface area contributed by atoms with Crippen molar-refractivity contribution in [1.82, 2.24) is 4.57 Å². The molecule has 0 bridgehead atoms. The predicted octanol–water partition coefficient (Wildman–Crippen LogP) is 23.6. The van der Waals surface area contributed by atoms with Crippen LogP contribution >= 0.6 is 0 Å². The van der Waals surface area contributed by atoms with E-state index in [2.05, 4.69) is 390 Å². The molecule has 0 saturated heterocycles. The van der Waals surface area contributed by atoms with Gasteiger partial charge in [-0.3, -0.25) is 0 Å². The predicted molar refractivity (Wildman–Crippen MR) is 449 cm³/mol. The number of para-hydroxylation sites is 2. The van der Waals surface area contributed by atoms with Gasteiger partial charge in [0.1, 0.15) is 0 Å². The van der Waals surface area contributed by atoms with E-state index in [1.54, 1.807) is 0 Å². The zero-order valence-electron chi connectivity index (χ0n) is 59.2. The van der Waals surface area contributed by atoms with Gasteiger partial charge in [0, 0.05) is 44.8 Å². The van der Waals surface area contributed by atoms with Crippen LogP contribution in [0.3, 0.4) is 0 Å². The Morgan fingerprint density at radius 3 is 1.07 bits per heavy atom. The second-order valence-electron chi connectivity index (χ2n) is 31.0. The monoisotopic (exact) mass is 1380 g/mol. The number of aromatic nitrogens is 1. The van der Waals surface area contributed by atoms with Gasteiger partial charge >= 0.3 is 0 Å². The Bertz CT molecular complexity index is 6930. The van der Waals surface area contributed by atoms with Gasteiger partial charge in [-0.05, 0) is 210 Å². The molecule has 26 rings (SSSR count). The van der Waals surface area contributed by atoms with Crippen molar-refractivity contribution in [3.8, 4) is 83.6 Å². The van der Waals surface area contributed by atoms with Crippen molar-refractivity contribution >= 4 is 79.0 Å². The third-order valence-electron chi connectivity index (χ3n) is 26.6. The summed E-state index contributed by atoms with van der Waals surface area (Å²) in [6.07, 6.45) is 0. The van der Waals surface area contributed by atoms with Gasteiger partial charge in [0.2, 0.25) is 0 Å². The summed E-state index contributed by atoms with van der Waals surface area (Å²) in [5, 5.41) is 2.44. The zero-order chi connectivity index (χ0) is 70.7. The summed E-state index contributed by atoms with van der Waals surface area (Å²) in [6.45, 7) is -0.325. The van der Waals surface area contributed by atoms with Gasteiger partial charge in [-0.25, -0.2) is 0 Å². The van der Waals surface area contributed by atoms with Crippen molar-refractivity contribution in [2.45, 2.75) is 16.2 Å². The number of hydrogen-bond donors (Lipinski definition) is 0. The number of benzene rings is 17. The molecule has 0 N–H and O–H groups in total. The number of fused-ring (bicyclic) bond motifs is 38. The van der Waals surface area contributed by atoms with Crippen LogP contribution in [0.2, 0.25) is 0 Å². The summed E-state index contributed by atoms with van der Waals surface area (Å²) in [5.41, 5.74) is 45.6. The summed E-state index contributed by atoms with van der Waals surface area (Å²) in [6, 6.07) is 146. The highest BCUT2D eigenvalue weighted by atomic mass is 15.2. The second kappa shape index (κ2) is 20.8. The van der Waals surface area contributed by atoms with E-state index in [-0.39, 0.29) is 6.71 Å². The van der Waals surface area contributed by atoms with E-state index in [1.165, 1.54) is 177 Å². The standard InChI is InChI=1S/C105H62BN3/c1-2-27-63(28-3-1)64-53-57-94-91(59-64)106-101-97(107(94)65-54-55-76-73-35-6-17-43-83(73)103(90(76)60-65)81-41-15-4-29-67(81)68-30-5-16-42-82(68)103)61-66(108-92-50-24-13-38-77(92)78-39-14-25-51-93(78)108)62-98(101)109(95-52-26-40-79-74-36-11-22-48-88(74)104(99(79)95)84-44-18-7-31-69(84)70-32-8-19-45-85(70)104)96-58-56-80-75-37-12-23-49-89(75)105(100(80)102(96)106)86-46-20-9-33-71(86)72-34-10-21-47-87(72)105/h1-62H. The first kappa shape index (κ1) is 58.5. The van der Waals surface area contributed by atoms with E-state index in [0.29, 0.717) is 0 Å². The quantitative estimate of drug-likeness (QED) is 0.163. The summed E-state index contributed by atoms with van der Waals surface area (Å²) in [7, 11) is 0. The van der Waals surface area contributed by atoms with Gasteiger partial charge in [0.15, 0.2) is 0 Å². The van der Waals surface area contributed by atoms with Crippen LogP contribution in [0.5, 0.6) is 0 Å². The molecule has 8 aliphatic rings. The lowest BCUT2D eigenvalue weighted by atomic mass is 9.32. The van der Waals surface area contributed by atoms with Crippen LogP contribution in [0.15, 0.2) is 376 Å². The molecule has 18 aromatic rings. The molecule has 0 radical (unpaired) electrons. The Kier molecular flexibility index (Phi) is 11.2. The fourth-order valence-electron chi connectivity index (χ4n) is 22.9. The third kappa shape index (κ3) is 6.92. The highest BCUT2D eigenvalue weighted by molar-refractivity contribution is 7.01. The topological polar surface area (TPSA) is 11.4 Å². The van der Waals surface area contributed by atoms with E-state index in [1.807, 2.05) is 0 Å². The van der Waals surface area contributed by atoms with Gasteiger partial charge in [0.25, 0.3) is 6.71 Å². The highest BCUT2D eigenvalue weighted by Crippen LogP contribution is 2.69. The molecule has 4 heteroatoms. The molecule has 6 aliphatic carbocycles. The Morgan fingerprint density at radius 1 is 0.202 bits per heavy atom. The average molecular weight is 1380 g/mol. The van der Waals surface area contributed by atoms with Gasteiger partial charge in [-0.1, -0.05) is 322 Å². The maximum absolute atomic E-state index is 2.81. The molecule has 3 heterocycles. The highest BCUT2D eigenvalue weighted by Gasteiger charge is 2.59. The van der Waals surface area contributed by atoms with E-state index < -0.39 is 16.2 Å². The fraction of sp³-hybridized carbons (Fsp3) is 0.0286. The first-order chi connectivity index (χ1) is 54.1. The molecular weight excluding hydrogens is 1310 g/mol. The maximum Gasteiger partial charge on any atom is 0.252 e. The first-order valence-electron chi connectivity index (χ1n) is 38.4. The lowest BCUT2D eigenvalue weighted by Crippen LogP contribution is -2.63. The maximum atomic E-state index is 2.81. The van der Waals surface area contributed by atoms with E-state index in [9.17, 15) is 0 Å². The Balaban J connectivity index is 0.858. The molecule has 500 valence electrons. The van der Waals surface area contributed by atoms with Gasteiger partial charge in [0.05, 0.1) is 38.7 Å². The van der Waals surface area contributed by atoms with Crippen molar-refractivity contribution in [2.75, 3.05) is 9.80 Å². The molecule has 3 nitrogen and oxygen atoms in total. The Labute approximate surface area is 631 Å². The van der Waals surface area contributed by atoms with Crippen LogP contribution < -0.4 is 26.2 Å². The zero-order valence-corrected chi connectivity index (χ0v) is 59.2. The molecule has 1 aromatic heterocycles. The lowest BCUT2D eigenvalue weighted by Gasteiger charge is -2.47. The van der Waals surface area contributed by atoms with Crippen LogP contribution in [0.25, 0.3) is 105 Å². The van der Waals surface area contributed by atoms with Crippen LogP contribution in [-0.2, 0) is 16.2 Å². The van der Waals surface area contributed by atoms with Gasteiger partial charge < -0.3 is 14.4 Å². The van der Waals surface area contributed by atoms with Crippen molar-refractivity contribution in [1.29, 1.82) is 0 Å². The first-order valence-corrected chi connectivity index (χ1v) is 38.4. The number of hydrogen-bond acceptors (Lipinski definition) is 2. The normalized spacial score (nSPS) is 15.0. The molecule has 0 unspecified atom stereocenters.